The summed E-state index contributed by atoms with van der Waals surface area (Å²) in [6.07, 6.45) is 1.59. The van der Waals surface area contributed by atoms with E-state index in [4.69, 9.17) is 32.7 Å². The highest BCUT2D eigenvalue weighted by Gasteiger charge is 2.47. The number of carbonyl (C=O) groups excluding carboxylic acids is 2. The number of benzene rings is 1. The van der Waals surface area contributed by atoms with E-state index in [0.29, 0.717) is 6.61 Å². The van der Waals surface area contributed by atoms with E-state index in [1.54, 1.807) is 0 Å². The van der Waals surface area contributed by atoms with Crippen LogP contribution in [0.25, 0.3) is 5.76 Å². The molecule has 158 valence electrons. The third-order valence-electron chi connectivity index (χ3n) is 5.24. The van der Waals surface area contributed by atoms with Crippen LogP contribution in [0.4, 0.5) is 0 Å². The van der Waals surface area contributed by atoms with Crippen LogP contribution in [0, 0.1) is 0 Å². The minimum atomic E-state index is -0.762. The Morgan fingerprint density at radius 3 is 2.80 bits per heavy atom. The fourth-order valence-corrected chi connectivity index (χ4v) is 5.32. The van der Waals surface area contributed by atoms with Crippen molar-refractivity contribution in [1.29, 1.82) is 0 Å². The number of aliphatic hydroxyl groups excluding tert-OH is 1. The van der Waals surface area contributed by atoms with Crippen LogP contribution in [0.2, 0.25) is 10.0 Å². The molecule has 4 rings (SSSR count). The maximum atomic E-state index is 13.0. The molecular weight excluding hydrogens is 449 g/mol. The number of methoxy groups -OCH3 is 1. The van der Waals surface area contributed by atoms with Crippen LogP contribution in [0.3, 0.4) is 0 Å². The number of aliphatic hydroxyl groups is 1. The van der Waals surface area contributed by atoms with E-state index < -0.39 is 17.7 Å². The normalized spacial score (nSPS) is 23.4. The van der Waals surface area contributed by atoms with Gasteiger partial charge >= 0.3 is 0 Å². The van der Waals surface area contributed by atoms with Gasteiger partial charge in [0, 0.05) is 23.1 Å². The van der Waals surface area contributed by atoms with Crippen molar-refractivity contribution in [2.24, 2.45) is 0 Å². The van der Waals surface area contributed by atoms with E-state index in [1.807, 2.05) is 17.5 Å². The van der Waals surface area contributed by atoms with Gasteiger partial charge in [0.2, 0.25) is 0 Å². The number of nitrogens with zero attached hydrogens (tertiary/aromatic N) is 1. The van der Waals surface area contributed by atoms with Crippen LogP contribution in [0.15, 0.2) is 35.2 Å². The molecule has 0 aliphatic carbocycles. The van der Waals surface area contributed by atoms with Gasteiger partial charge in [-0.2, -0.15) is 0 Å². The highest BCUT2D eigenvalue weighted by molar-refractivity contribution is 7.10. The van der Waals surface area contributed by atoms with Crippen LogP contribution < -0.4 is 4.74 Å². The lowest BCUT2D eigenvalue weighted by Gasteiger charge is -2.26. The lowest BCUT2D eigenvalue weighted by atomic mass is 9.99. The Morgan fingerprint density at radius 2 is 2.17 bits per heavy atom. The standard InChI is InChI=1S/C21H19Cl2NO5S/c1-28-20-13(8-11(22)9-14(20)23)18(25)16-17(15-5-3-7-30-15)24(21(27)19(16)26)10-12-4-2-6-29-12/h3,5,7-9,12,17,25H,2,4,6,10H2,1H3/b18-16-. The van der Waals surface area contributed by atoms with Gasteiger partial charge in [0.1, 0.15) is 11.5 Å². The molecule has 3 heterocycles. The SMILES string of the molecule is COc1c(Cl)cc(Cl)cc1/C(O)=C1/C(=O)C(=O)N(CC2CCCO2)C1c1cccs1. The molecule has 2 fully saturated rings. The summed E-state index contributed by atoms with van der Waals surface area (Å²) in [6.45, 7) is 0.911. The first-order valence-corrected chi connectivity index (χ1v) is 11.0. The molecule has 1 aromatic carbocycles. The molecule has 1 N–H and O–H groups in total. The second kappa shape index (κ2) is 8.59. The Bertz CT molecular complexity index is 1010. The Hall–Kier alpha value is -2.06. The second-order valence-electron chi connectivity index (χ2n) is 7.07. The first-order chi connectivity index (χ1) is 14.4. The smallest absolute Gasteiger partial charge is 0.295 e. The first kappa shape index (κ1) is 21.2. The average molecular weight is 468 g/mol. The Labute approximate surface area is 187 Å². The fraction of sp³-hybridized carbons (Fsp3) is 0.333. The topological polar surface area (TPSA) is 76.1 Å². The van der Waals surface area contributed by atoms with Crippen molar-refractivity contribution in [3.63, 3.8) is 0 Å². The molecule has 2 atom stereocenters. The molecule has 1 aromatic heterocycles. The van der Waals surface area contributed by atoms with Crippen molar-refractivity contribution < 1.29 is 24.2 Å². The van der Waals surface area contributed by atoms with Crippen LogP contribution in [-0.2, 0) is 14.3 Å². The Kier molecular flexibility index (Phi) is 6.06. The summed E-state index contributed by atoms with van der Waals surface area (Å²) in [5.74, 6) is -1.63. The number of Topliss-reactive ketones (excluding diaryl/α,β-unsaturated/α-hetero) is 1. The molecule has 0 spiro atoms. The van der Waals surface area contributed by atoms with Crippen molar-refractivity contribution in [3.8, 4) is 5.75 Å². The van der Waals surface area contributed by atoms with Gasteiger partial charge < -0.3 is 19.5 Å². The number of ketones is 1. The number of thiophene rings is 1. The van der Waals surface area contributed by atoms with Gasteiger partial charge in [-0.15, -0.1) is 11.3 Å². The predicted octanol–water partition coefficient (Wildman–Crippen LogP) is 4.66. The van der Waals surface area contributed by atoms with Gasteiger partial charge in [-0.3, -0.25) is 9.59 Å². The first-order valence-electron chi connectivity index (χ1n) is 9.39. The molecule has 1 amide bonds. The third kappa shape index (κ3) is 3.71. The monoisotopic (exact) mass is 467 g/mol. The fourth-order valence-electron chi connectivity index (χ4n) is 3.91. The molecule has 9 heteroatoms. The van der Waals surface area contributed by atoms with Crippen molar-refractivity contribution in [2.45, 2.75) is 25.0 Å². The maximum absolute atomic E-state index is 13.0. The Balaban J connectivity index is 1.86. The van der Waals surface area contributed by atoms with Crippen LogP contribution in [0.5, 0.6) is 5.75 Å². The average Bonchev–Trinajstić information content (AvgIpc) is 3.46. The lowest BCUT2D eigenvalue weighted by molar-refractivity contribution is -0.140. The van der Waals surface area contributed by atoms with Crippen molar-refractivity contribution in [1.82, 2.24) is 4.90 Å². The molecule has 2 aliphatic rings. The number of hydrogen-bond donors (Lipinski definition) is 1. The van der Waals surface area contributed by atoms with Crippen molar-refractivity contribution in [3.05, 3.63) is 55.7 Å². The quantitative estimate of drug-likeness (QED) is 0.392. The minimum absolute atomic E-state index is 0.0166. The number of rotatable bonds is 5. The number of ether oxygens (including phenoxy) is 2. The molecule has 2 aliphatic heterocycles. The molecular formula is C21H19Cl2NO5S. The molecule has 2 aromatic rings. The van der Waals surface area contributed by atoms with Crippen molar-refractivity contribution >= 4 is 52.0 Å². The molecule has 0 saturated carbocycles. The van der Waals surface area contributed by atoms with Gasteiger partial charge in [-0.1, -0.05) is 29.3 Å². The van der Waals surface area contributed by atoms with E-state index >= 15 is 0 Å². The second-order valence-corrected chi connectivity index (χ2v) is 8.89. The highest BCUT2D eigenvalue weighted by Crippen LogP contribution is 2.44. The molecule has 0 radical (unpaired) electrons. The van der Waals surface area contributed by atoms with Crippen LogP contribution in [0.1, 0.15) is 29.3 Å². The predicted molar refractivity (Wildman–Crippen MR) is 115 cm³/mol. The zero-order valence-electron chi connectivity index (χ0n) is 16.1. The van der Waals surface area contributed by atoms with Gasteiger partial charge in [-0.05, 0) is 36.4 Å². The minimum Gasteiger partial charge on any atom is -0.507 e. The lowest BCUT2D eigenvalue weighted by Crippen LogP contribution is -2.36. The Morgan fingerprint density at radius 1 is 1.37 bits per heavy atom. The summed E-state index contributed by atoms with van der Waals surface area (Å²) < 4.78 is 11.0. The van der Waals surface area contributed by atoms with Gasteiger partial charge in [0.25, 0.3) is 11.7 Å². The van der Waals surface area contributed by atoms with E-state index in [9.17, 15) is 14.7 Å². The zero-order chi connectivity index (χ0) is 21.4. The summed E-state index contributed by atoms with van der Waals surface area (Å²) in [6, 6.07) is 5.88. The third-order valence-corrected chi connectivity index (χ3v) is 6.67. The van der Waals surface area contributed by atoms with E-state index in [1.165, 1.54) is 35.5 Å². The molecule has 30 heavy (non-hydrogen) atoms. The summed E-state index contributed by atoms with van der Waals surface area (Å²) in [5.41, 5.74) is 0.142. The molecule has 2 unspecified atom stereocenters. The van der Waals surface area contributed by atoms with Crippen LogP contribution in [-0.4, -0.2) is 48.1 Å². The maximum Gasteiger partial charge on any atom is 0.295 e. The van der Waals surface area contributed by atoms with E-state index in [0.717, 1.165) is 17.7 Å². The van der Waals surface area contributed by atoms with E-state index in [-0.39, 0.29) is 45.3 Å². The highest BCUT2D eigenvalue weighted by atomic mass is 35.5. The molecule has 6 nitrogen and oxygen atoms in total. The van der Waals surface area contributed by atoms with Gasteiger partial charge in [0.15, 0.2) is 0 Å². The van der Waals surface area contributed by atoms with Gasteiger partial charge in [0.05, 0.1) is 35.4 Å². The van der Waals surface area contributed by atoms with E-state index in [2.05, 4.69) is 0 Å². The van der Waals surface area contributed by atoms with Gasteiger partial charge in [-0.25, -0.2) is 0 Å². The summed E-state index contributed by atoms with van der Waals surface area (Å²) >= 11 is 13.7. The largest absolute Gasteiger partial charge is 0.507 e. The number of amides is 1. The molecule has 0 bridgehead atoms. The zero-order valence-corrected chi connectivity index (χ0v) is 18.4. The number of halogens is 2. The number of likely N-dealkylation sites (tertiary alicyclic amines) is 1. The summed E-state index contributed by atoms with van der Waals surface area (Å²) in [7, 11) is 1.40. The van der Waals surface area contributed by atoms with Crippen LogP contribution >= 0.6 is 34.5 Å². The summed E-state index contributed by atoms with van der Waals surface area (Å²) in [5, 5.41) is 13.5. The number of carbonyl (C=O) groups is 2. The van der Waals surface area contributed by atoms with Crippen molar-refractivity contribution in [2.75, 3.05) is 20.3 Å². The summed E-state index contributed by atoms with van der Waals surface area (Å²) in [4.78, 5) is 28.2. The number of hydrogen-bond acceptors (Lipinski definition) is 6. The molecule has 2 saturated heterocycles.